The normalized spacial score (nSPS) is 10.8. The highest BCUT2D eigenvalue weighted by Gasteiger charge is 2.01. The summed E-state index contributed by atoms with van der Waals surface area (Å²) in [5.74, 6) is 0.642. The lowest BCUT2D eigenvalue weighted by Gasteiger charge is -2.01. The van der Waals surface area contributed by atoms with Crippen LogP contribution < -0.4 is 5.32 Å². The van der Waals surface area contributed by atoms with Crippen molar-refractivity contribution >= 4 is 11.6 Å². The summed E-state index contributed by atoms with van der Waals surface area (Å²) in [7, 11) is 0. The second-order valence-electron chi connectivity index (χ2n) is 3.63. The molecule has 0 spiro atoms. The van der Waals surface area contributed by atoms with E-state index in [1.807, 2.05) is 41.3 Å². The topological polar surface area (TPSA) is 60.0 Å². The molecule has 17 heavy (non-hydrogen) atoms. The molecular formula is C11H12N6. The minimum absolute atomic E-state index is 0.642. The summed E-state index contributed by atoms with van der Waals surface area (Å²) in [5, 5.41) is 11.6. The van der Waals surface area contributed by atoms with Gasteiger partial charge in [0.25, 0.3) is 0 Å². The number of nitrogens with one attached hydrogen (secondary N) is 1. The first-order chi connectivity index (χ1) is 8.42. The van der Waals surface area contributed by atoms with Crippen LogP contribution in [0.25, 0.3) is 5.65 Å². The predicted octanol–water partition coefficient (Wildman–Crippen LogP) is 1.04. The molecule has 3 aromatic heterocycles. The summed E-state index contributed by atoms with van der Waals surface area (Å²) < 4.78 is 3.61. The number of rotatable bonds is 4. The Kier molecular flexibility index (Phi) is 2.45. The quantitative estimate of drug-likeness (QED) is 0.724. The standard InChI is InChI=1S/C11H12N6/c1-2-8-17-10(4-1)14-11(15-17)12-6-9-16-7-3-5-13-16/h1-5,7-8H,6,9H2,(H,12,15). The Morgan fingerprint density at radius 1 is 1.18 bits per heavy atom. The molecule has 0 atom stereocenters. The van der Waals surface area contributed by atoms with Crippen molar-refractivity contribution in [3.05, 3.63) is 42.9 Å². The zero-order valence-corrected chi connectivity index (χ0v) is 9.19. The SMILES string of the molecule is c1ccn2nc(NCCn3cccn3)nc2c1. The Morgan fingerprint density at radius 2 is 2.18 bits per heavy atom. The van der Waals surface area contributed by atoms with Crippen molar-refractivity contribution in [3.63, 3.8) is 0 Å². The third-order valence-electron chi connectivity index (χ3n) is 2.42. The van der Waals surface area contributed by atoms with Crippen LogP contribution in [0.2, 0.25) is 0 Å². The number of hydrogen-bond acceptors (Lipinski definition) is 4. The van der Waals surface area contributed by atoms with Crippen LogP contribution in [0.5, 0.6) is 0 Å². The van der Waals surface area contributed by atoms with Crippen molar-refractivity contribution in [2.45, 2.75) is 6.54 Å². The maximum atomic E-state index is 4.34. The molecule has 0 amide bonds. The Bertz CT molecular complexity index is 564. The van der Waals surface area contributed by atoms with Crippen LogP contribution in [-0.2, 0) is 6.54 Å². The molecule has 0 aromatic carbocycles. The second-order valence-corrected chi connectivity index (χ2v) is 3.63. The van der Waals surface area contributed by atoms with Crippen LogP contribution in [0.4, 0.5) is 5.95 Å². The summed E-state index contributed by atoms with van der Waals surface area (Å²) >= 11 is 0. The van der Waals surface area contributed by atoms with Crippen LogP contribution in [0.1, 0.15) is 0 Å². The van der Waals surface area contributed by atoms with Crippen molar-refractivity contribution in [3.8, 4) is 0 Å². The molecule has 0 radical (unpaired) electrons. The van der Waals surface area contributed by atoms with Crippen LogP contribution in [0, 0.1) is 0 Å². The average Bonchev–Trinajstić information content (AvgIpc) is 2.96. The fourth-order valence-corrected chi connectivity index (χ4v) is 1.62. The number of hydrogen-bond donors (Lipinski definition) is 1. The summed E-state index contributed by atoms with van der Waals surface area (Å²) in [6, 6.07) is 7.70. The largest absolute Gasteiger partial charge is 0.351 e. The van der Waals surface area contributed by atoms with Gasteiger partial charge in [0.2, 0.25) is 5.95 Å². The third-order valence-corrected chi connectivity index (χ3v) is 2.42. The lowest BCUT2D eigenvalue weighted by atomic mass is 10.5. The van der Waals surface area contributed by atoms with E-state index in [2.05, 4.69) is 20.5 Å². The van der Waals surface area contributed by atoms with Gasteiger partial charge in [0.15, 0.2) is 5.65 Å². The van der Waals surface area contributed by atoms with Gasteiger partial charge in [-0.25, -0.2) is 4.52 Å². The van der Waals surface area contributed by atoms with Gasteiger partial charge in [0.1, 0.15) is 0 Å². The summed E-state index contributed by atoms with van der Waals surface area (Å²) in [5.41, 5.74) is 0.842. The Labute approximate surface area is 97.9 Å². The van der Waals surface area contributed by atoms with E-state index in [0.717, 1.165) is 18.7 Å². The van der Waals surface area contributed by atoms with E-state index in [0.29, 0.717) is 5.95 Å². The van der Waals surface area contributed by atoms with Gasteiger partial charge >= 0.3 is 0 Å². The summed E-state index contributed by atoms with van der Waals surface area (Å²) in [4.78, 5) is 4.34. The van der Waals surface area contributed by atoms with E-state index in [9.17, 15) is 0 Å². The third kappa shape index (κ3) is 2.10. The van der Waals surface area contributed by atoms with Gasteiger partial charge < -0.3 is 5.32 Å². The first-order valence-corrected chi connectivity index (χ1v) is 5.44. The summed E-state index contributed by atoms with van der Waals surface area (Å²) in [6.07, 6.45) is 5.57. The van der Waals surface area contributed by atoms with Gasteiger partial charge in [-0.15, -0.1) is 5.10 Å². The van der Waals surface area contributed by atoms with E-state index >= 15 is 0 Å². The van der Waals surface area contributed by atoms with Gasteiger partial charge in [-0.2, -0.15) is 10.1 Å². The van der Waals surface area contributed by atoms with Crippen molar-refractivity contribution in [2.24, 2.45) is 0 Å². The van der Waals surface area contributed by atoms with Gasteiger partial charge in [-0.3, -0.25) is 4.68 Å². The maximum absolute atomic E-state index is 4.34. The number of anilines is 1. The van der Waals surface area contributed by atoms with Crippen LogP contribution >= 0.6 is 0 Å². The van der Waals surface area contributed by atoms with E-state index in [1.54, 1.807) is 10.7 Å². The molecule has 1 N–H and O–H groups in total. The maximum Gasteiger partial charge on any atom is 0.243 e. The molecule has 0 saturated carbocycles. The number of nitrogens with zero attached hydrogens (tertiary/aromatic N) is 5. The Hall–Kier alpha value is -2.37. The molecular weight excluding hydrogens is 216 g/mol. The molecule has 0 unspecified atom stereocenters. The van der Waals surface area contributed by atoms with Crippen LogP contribution in [-0.4, -0.2) is 30.9 Å². The monoisotopic (exact) mass is 228 g/mol. The fourth-order valence-electron chi connectivity index (χ4n) is 1.62. The van der Waals surface area contributed by atoms with Crippen LogP contribution in [0.3, 0.4) is 0 Å². The molecule has 6 heteroatoms. The molecule has 3 heterocycles. The van der Waals surface area contributed by atoms with E-state index in [-0.39, 0.29) is 0 Å². The van der Waals surface area contributed by atoms with Gasteiger partial charge in [0, 0.05) is 25.1 Å². The van der Waals surface area contributed by atoms with Crippen molar-refractivity contribution < 1.29 is 0 Å². The minimum Gasteiger partial charge on any atom is -0.351 e. The van der Waals surface area contributed by atoms with Gasteiger partial charge in [-0.05, 0) is 18.2 Å². The van der Waals surface area contributed by atoms with E-state index in [1.165, 1.54) is 0 Å². The molecule has 3 rings (SSSR count). The zero-order valence-electron chi connectivity index (χ0n) is 9.19. The molecule has 86 valence electrons. The molecule has 0 saturated heterocycles. The number of aromatic nitrogens is 5. The van der Waals surface area contributed by atoms with Crippen molar-refractivity contribution in [1.29, 1.82) is 0 Å². The lowest BCUT2D eigenvalue weighted by Crippen LogP contribution is -2.11. The number of fused-ring (bicyclic) bond motifs is 1. The van der Waals surface area contributed by atoms with Gasteiger partial charge in [-0.1, -0.05) is 6.07 Å². The Balaban J connectivity index is 1.65. The van der Waals surface area contributed by atoms with Gasteiger partial charge in [0.05, 0.1) is 6.54 Å². The number of pyridine rings is 1. The first-order valence-electron chi connectivity index (χ1n) is 5.44. The molecule has 0 aliphatic heterocycles. The summed E-state index contributed by atoms with van der Waals surface area (Å²) in [6.45, 7) is 1.54. The molecule has 6 nitrogen and oxygen atoms in total. The highest BCUT2D eigenvalue weighted by Crippen LogP contribution is 2.03. The molecule has 0 bridgehead atoms. The minimum atomic E-state index is 0.642. The van der Waals surface area contributed by atoms with Crippen LogP contribution in [0.15, 0.2) is 42.9 Å². The average molecular weight is 228 g/mol. The molecule has 0 aliphatic rings. The second kappa shape index (κ2) is 4.25. The molecule has 3 aromatic rings. The predicted molar refractivity (Wildman–Crippen MR) is 63.7 cm³/mol. The van der Waals surface area contributed by atoms with E-state index in [4.69, 9.17) is 0 Å². The zero-order chi connectivity index (χ0) is 11.5. The van der Waals surface area contributed by atoms with Crippen molar-refractivity contribution in [2.75, 3.05) is 11.9 Å². The highest BCUT2D eigenvalue weighted by molar-refractivity contribution is 5.42. The lowest BCUT2D eigenvalue weighted by molar-refractivity contribution is 0.636. The first kappa shape index (κ1) is 9.83. The van der Waals surface area contributed by atoms with E-state index < -0.39 is 0 Å². The smallest absolute Gasteiger partial charge is 0.243 e. The fraction of sp³-hybridized carbons (Fsp3) is 0.182. The Morgan fingerprint density at radius 3 is 3.00 bits per heavy atom. The molecule has 0 fully saturated rings. The highest BCUT2D eigenvalue weighted by atomic mass is 15.3. The van der Waals surface area contributed by atoms with Crippen molar-refractivity contribution in [1.82, 2.24) is 24.4 Å². The molecule has 0 aliphatic carbocycles.